The summed E-state index contributed by atoms with van der Waals surface area (Å²) in [5.41, 5.74) is 13.0. The number of carbonyl (C=O) groups is 1. The number of piperidine rings is 1. The van der Waals surface area contributed by atoms with Crippen molar-refractivity contribution in [3.05, 3.63) is 35.4 Å². The van der Waals surface area contributed by atoms with E-state index in [9.17, 15) is 4.79 Å². The van der Waals surface area contributed by atoms with Crippen LogP contribution in [-0.2, 0) is 6.54 Å². The Morgan fingerprint density at radius 2 is 2.05 bits per heavy atom. The molecule has 0 radical (unpaired) electrons. The van der Waals surface area contributed by atoms with E-state index >= 15 is 0 Å². The quantitative estimate of drug-likeness (QED) is 0.859. The van der Waals surface area contributed by atoms with Gasteiger partial charge < -0.3 is 11.5 Å². The molecular formula is C16H25N3O. The van der Waals surface area contributed by atoms with Crippen LogP contribution < -0.4 is 11.5 Å². The topological polar surface area (TPSA) is 72.3 Å². The standard InChI is InChI=1S/C16H25N3O/c1-2-12-7-8-19(15(9-12)10-17)11-13-3-5-14(6-4-13)16(18)20/h3-6,12,15H,2,7-11,17H2,1H3,(H2,18,20). The number of nitrogens with zero attached hydrogens (tertiary/aromatic N) is 1. The molecule has 1 aliphatic rings. The van der Waals surface area contributed by atoms with Crippen molar-refractivity contribution >= 4 is 5.91 Å². The van der Waals surface area contributed by atoms with Gasteiger partial charge in [-0.1, -0.05) is 25.5 Å². The van der Waals surface area contributed by atoms with Gasteiger partial charge in [0.15, 0.2) is 0 Å². The minimum atomic E-state index is -0.375. The second-order valence-corrected chi connectivity index (χ2v) is 5.72. The summed E-state index contributed by atoms with van der Waals surface area (Å²) in [6, 6.07) is 8.05. The lowest BCUT2D eigenvalue weighted by atomic mass is 9.88. The van der Waals surface area contributed by atoms with Crippen LogP contribution in [0, 0.1) is 5.92 Å². The van der Waals surface area contributed by atoms with Gasteiger partial charge in [0, 0.05) is 24.7 Å². The number of benzene rings is 1. The zero-order valence-electron chi connectivity index (χ0n) is 12.2. The van der Waals surface area contributed by atoms with E-state index < -0.39 is 0 Å². The van der Waals surface area contributed by atoms with Crippen LogP contribution in [0.2, 0.25) is 0 Å². The van der Waals surface area contributed by atoms with Gasteiger partial charge in [0.05, 0.1) is 0 Å². The highest BCUT2D eigenvalue weighted by Crippen LogP contribution is 2.26. The van der Waals surface area contributed by atoms with Crippen LogP contribution in [0.15, 0.2) is 24.3 Å². The highest BCUT2D eigenvalue weighted by molar-refractivity contribution is 5.92. The van der Waals surface area contributed by atoms with Crippen molar-refractivity contribution in [2.24, 2.45) is 17.4 Å². The maximum absolute atomic E-state index is 11.1. The summed E-state index contributed by atoms with van der Waals surface area (Å²) < 4.78 is 0. The molecule has 0 bridgehead atoms. The van der Waals surface area contributed by atoms with Crippen molar-refractivity contribution in [2.45, 2.75) is 38.8 Å². The smallest absolute Gasteiger partial charge is 0.248 e. The van der Waals surface area contributed by atoms with E-state index in [2.05, 4.69) is 11.8 Å². The Labute approximate surface area is 121 Å². The number of amides is 1. The fourth-order valence-corrected chi connectivity index (χ4v) is 3.02. The SMILES string of the molecule is CCC1CCN(Cc2ccc(C(N)=O)cc2)C(CN)C1. The van der Waals surface area contributed by atoms with E-state index in [1.807, 2.05) is 12.1 Å². The molecule has 1 fully saturated rings. The number of hydrogen-bond acceptors (Lipinski definition) is 3. The van der Waals surface area contributed by atoms with Crippen LogP contribution in [0.1, 0.15) is 42.1 Å². The average molecular weight is 275 g/mol. The van der Waals surface area contributed by atoms with Crippen molar-refractivity contribution < 1.29 is 4.79 Å². The summed E-state index contributed by atoms with van der Waals surface area (Å²) >= 11 is 0. The number of primary amides is 1. The molecule has 1 amide bonds. The van der Waals surface area contributed by atoms with Gasteiger partial charge >= 0.3 is 0 Å². The molecule has 1 saturated heterocycles. The first-order valence-corrected chi connectivity index (χ1v) is 7.46. The summed E-state index contributed by atoms with van der Waals surface area (Å²) in [6.07, 6.45) is 3.70. The molecule has 4 heteroatoms. The number of hydrogen-bond donors (Lipinski definition) is 2. The predicted octanol–water partition coefficient (Wildman–Crippen LogP) is 1.73. The second kappa shape index (κ2) is 6.86. The van der Waals surface area contributed by atoms with Crippen LogP contribution >= 0.6 is 0 Å². The van der Waals surface area contributed by atoms with E-state index in [0.29, 0.717) is 11.6 Å². The lowest BCUT2D eigenvalue weighted by Gasteiger charge is -2.38. The van der Waals surface area contributed by atoms with Crippen LogP contribution in [0.3, 0.4) is 0 Å². The van der Waals surface area contributed by atoms with E-state index in [1.165, 1.54) is 24.8 Å². The highest BCUT2D eigenvalue weighted by Gasteiger charge is 2.26. The molecular weight excluding hydrogens is 250 g/mol. The molecule has 2 atom stereocenters. The number of nitrogens with two attached hydrogens (primary N) is 2. The number of likely N-dealkylation sites (tertiary alicyclic amines) is 1. The molecule has 0 aromatic heterocycles. The molecule has 4 nitrogen and oxygen atoms in total. The molecule has 0 saturated carbocycles. The van der Waals surface area contributed by atoms with Crippen LogP contribution in [-0.4, -0.2) is 29.9 Å². The minimum Gasteiger partial charge on any atom is -0.366 e. The second-order valence-electron chi connectivity index (χ2n) is 5.72. The first kappa shape index (κ1) is 15.0. The minimum absolute atomic E-state index is 0.375. The molecule has 1 heterocycles. The predicted molar refractivity (Wildman–Crippen MR) is 81.2 cm³/mol. The van der Waals surface area contributed by atoms with Gasteiger partial charge in [-0.05, 0) is 43.0 Å². The molecule has 110 valence electrons. The first-order valence-electron chi connectivity index (χ1n) is 7.46. The molecule has 4 N–H and O–H groups in total. The third-order valence-electron chi connectivity index (χ3n) is 4.42. The van der Waals surface area contributed by atoms with E-state index in [1.54, 1.807) is 12.1 Å². The summed E-state index contributed by atoms with van der Waals surface area (Å²) in [7, 11) is 0. The lowest BCUT2D eigenvalue weighted by Crippen LogP contribution is -2.46. The fourth-order valence-electron chi connectivity index (χ4n) is 3.02. The Balaban J connectivity index is 1.99. The monoisotopic (exact) mass is 275 g/mol. The molecule has 2 rings (SSSR count). The Morgan fingerprint density at radius 1 is 1.35 bits per heavy atom. The lowest BCUT2D eigenvalue weighted by molar-refractivity contribution is 0.0999. The van der Waals surface area contributed by atoms with Crippen LogP contribution in [0.5, 0.6) is 0 Å². The summed E-state index contributed by atoms with van der Waals surface area (Å²) in [5.74, 6) is 0.442. The zero-order valence-corrected chi connectivity index (χ0v) is 12.2. The molecule has 0 aliphatic carbocycles. The molecule has 1 aromatic rings. The third-order valence-corrected chi connectivity index (χ3v) is 4.42. The van der Waals surface area contributed by atoms with Crippen molar-refractivity contribution in [1.82, 2.24) is 4.90 Å². The van der Waals surface area contributed by atoms with Crippen molar-refractivity contribution in [2.75, 3.05) is 13.1 Å². The highest BCUT2D eigenvalue weighted by atomic mass is 16.1. The van der Waals surface area contributed by atoms with Gasteiger partial charge in [-0.3, -0.25) is 9.69 Å². The van der Waals surface area contributed by atoms with Gasteiger partial charge in [-0.15, -0.1) is 0 Å². The number of carbonyl (C=O) groups excluding carboxylic acids is 1. The molecule has 1 aromatic carbocycles. The maximum Gasteiger partial charge on any atom is 0.248 e. The molecule has 2 unspecified atom stereocenters. The Morgan fingerprint density at radius 3 is 2.60 bits per heavy atom. The van der Waals surface area contributed by atoms with Gasteiger partial charge in [0.1, 0.15) is 0 Å². The van der Waals surface area contributed by atoms with Gasteiger partial charge in [0.2, 0.25) is 5.91 Å². The number of rotatable bonds is 5. The van der Waals surface area contributed by atoms with Crippen molar-refractivity contribution in [3.8, 4) is 0 Å². The summed E-state index contributed by atoms with van der Waals surface area (Å²) in [4.78, 5) is 13.5. The van der Waals surface area contributed by atoms with E-state index in [-0.39, 0.29) is 5.91 Å². The average Bonchev–Trinajstić information content (AvgIpc) is 2.48. The fraction of sp³-hybridized carbons (Fsp3) is 0.562. The van der Waals surface area contributed by atoms with Gasteiger partial charge in [-0.25, -0.2) is 0 Å². The van der Waals surface area contributed by atoms with E-state index in [0.717, 1.165) is 25.6 Å². The zero-order chi connectivity index (χ0) is 14.5. The van der Waals surface area contributed by atoms with Crippen molar-refractivity contribution in [3.63, 3.8) is 0 Å². The van der Waals surface area contributed by atoms with Gasteiger partial charge in [-0.2, -0.15) is 0 Å². The Kier molecular flexibility index (Phi) is 5.15. The summed E-state index contributed by atoms with van der Waals surface area (Å²) in [5, 5.41) is 0. The van der Waals surface area contributed by atoms with Crippen LogP contribution in [0.4, 0.5) is 0 Å². The Bertz CT molecular complexity index is 444. The largest absolute Gasteiger partial charge is 0.366 e. The van der Waals surface area contributed by atoms with Crippen molar-refractivity contribution in [1.29, 1.82) is 0 Å². The molecule has 0 spiro atoms. The molecule has 1 aliphatic heterocycles. The third kappa shape index (κ3) is 3.58. The maximum atomic E-state index is 11.1. The first-order chi connectivity index (χ1) is 9.63. The van der Waals surface area contributed by atoms with Gasteiger partial charge in [0.25, 0.3) is 0 Å². The summed E-state index contributed by atoms with van der Waals surface area (Å²) in [6.45, 7) is 4.99. The normalized spacial score (nSPS) is 23.7. The molecule has 20 heavy (non-hydrogen) atoms. The Hall–Kier alpha value is -1.39. The van der Waals surface area contributed by atoms with Crippen LogP contribution in [0.25, 0.3) is 0 Å². The van der Waals surface area contributed by atoms with E-state index in [4.69, 9.17) is 11.5 Å².